The van der Waals surface area contributed by atoms with Crippen LogP contribution in [0.2, 0.25) is 0 Å². The fourth-order valence-electron chi connectivity index (χ4n) is 3.77. The topological polar surface area (TPSA) is 159 Å². The van der Waals surface area contributed by atoms with Crippen molar-refractivity contribution in [3.63, 3.8) is 0 Å². The molecule has 1 saturated heterocycles. The van der Waals surface area contributed by atoms with E-state index in [0.717, 1.165) is 26.3 Å². The Morgan fingerprint density at radius 3 is 2.03 bits per heavy atom. The second-order valence-electron chi connectivity index (χ2n) is 8.29. The molecular formula is C25H29NO12. The molecule has 5 atom stereocenters. The van der Waals surface area contributed by atoms with E-state index < -0.39 is 54.6 Å². The summed E-state index contributed by atoms with van der Waals surface area (Å²) in [6.45, 7) is 4.07. The number of methoxy groups -OCH3 is 1. The monoisotopic (exact) mass is 535 g/mol. The summed E-state index contributed by atoms with van der Waals surface area (Å²) in [6, 6.07) is 8.81. The molecule has 1 aliphatic heterocycles. The molecule has 2 aromatic rings. The third-order valence-corrected chi connectivity index (χ3v) is 5.28. The van der Waals surface area contributed by atoms with Crippen molar-refractivity contribution in [2.24, 2.45) is 0 Å². The molecule has 0 N–H and O–H groups in total. The molecule has 0 aliphatic carbocycles. The highest BCUT2D eigenvalue weighted by Gasteiger charge is 2.52. The highest BCUT2D eigenvalue weighted by atomic mass is 16.7. The van der Waals surface area contributed by atoms with Crippen molar-refractivity contribution >= 4 is 23.9 Å². The van der Waals surface area contributed by atoms with Gasteiger partial charge in [-0.1, -0.05) is 5.16 Å². The normalized spacial score (nSPS) is 22.7. The van der Waals surface area contributed by atoms with Crippen molar-refractivity contribution in [2.75, 3.05) is 13.7 Å². The van der Waals surface area contributed by atoms with Gasteiger partial charge in [0.05, 0.1) is 7.11 Å². The highest BCUT2D eigenvalue weighted by Crippen LogP contribution is 2.31. The first-order chi connectivity index (χ1) is 18.1. The maximum Gasteiger partial charge on any atom is 0.303 e. The van der Waals surface area contributed by atoms with Crippen LogP contribution in [-0.2, 0) is 54.2 Å². The van der Waals surface area contributed by atoms with Crippen LogP contribution in [0.4, 0.5) is 0 Å². The summed E-state index contributed by atoms with van der Waals surface area (Å²) in [5, 5.41) is 4.03. The summed E-state index contributed by atoms with van der Waals surface area (Å²) in [7, 11) is 1.56. The Labute approximate surface area is 218 Å². The summed E-state index contributed by atoms with van der Waals surface area (Å²) in [5.41, 5.74) is 1.31. The minimum atomic E-state index is -1.33. The second-order valence-corrected chi connectivity index (χ2v) is 8.29. The van der Waals surface area contributed by atoms with Gasteiger partial charge in [0.15, 0.2) is 30.4 Å². The molecule has 0 spiro atoms. The lowest BCUT2D eigenvalue weighted by molar-refractivity contribution is -0.311. The van der Waals surface area contributed by atoms with E-state index in [1.54, 1.807) is 37.4 Å². The molecule has 38 heavy (non-hydrogen) atoms. The fourth-order valence-corrected chi connectivity index (χ4v) is 3.77. The first-order valence-electron chi connectivity index (χ1n) is 11.6. The lowest BCUT2D eigenvalue weighted by Gasteiger charge is -2.43. The second kappa shape index (κ2) is 13.0. The van der Waals surface area contributed by atoms with Crippen LogP contribution in [0.15, 0.2) is 34.9 Å². The third-order valence-electron chi connectivity index (χ3n) is 5.28. The Bertz CT molecular complexity index is 1130. The van der Waals surface area contributed by atoms with Crippen molar-refractivity contribution in [3.8, 4) is 17.0 Å². The molecule has 0 unspecified atom stereocenters. The van der Waals surface area contributed by atoms with Gasteiger partial charge in [0.2, 0.25) is 0 Å². The average Bonchev–Trinajstić information content (AvgIpc) is 3.33. The van der Waals surface area contributed by atoms with E-state index in [-0.39, 0.29) is 13.2 Å². The van der Waals surface area contributed by atoms with Gasteiger partial charge in [-0.3, -0.25) is 19.2 Å². The molecule has 1 fully saturated rings. The Kier molecular flexibility index (Phi) is 9.79. The molecule has 206 valence electrons. The van der Waals surface area contributed by atoms with E-state index in [1.165, 1.54) is 6.92 Å². The first kappa shape index (κ1) is 28.6. The molecule has 0 radical (unpaired) electrons. The standard InChI is InChI=1S/C25H29NO12/c1-13(27)32-12-21-22(34-14(2)28)23(35-15(3)29)24(36-16(4)30)25(37-21)33-11-19-10-20(26-38-19)17-6-8-18(31-5)9-7-17/h6-10,21-25H,11-12H2,1-5H3/t21-,22+,23+,24+,25-/m1/s1. The SMILES string of the molecule is COc1ccc(-c2cc(CO[C@@H]3O[C@H](COC(C)=O)[C@H](OC(C)=O)[C@H](OC(C)=O)[C@@H]3OC(C)=O)on2)cc1. The number of esters is 4. The summed E-state index contributed by atoms with van der Waals surface area (Å²) in [6.07, 6.45) is -6.38. The van der Waals surface area contributed by atoms with Gasteiger partial charge < -0.3 is 37.7 Å². The van der Waals surface area contributed by atoms with Crippen molar-refractivity contribution in [2.45, 2.75) is 65.0 Å². The van der Waals surface area contributed by atoms with Gasteiger partial charge >= 0.3 is 23.9 Å². The minimum Gasteiger partial charge on any atom is -0.497 e. The van der Waals surface area contributed by atoms with Crippen LogP contribution in [0.1, 0.15) is 33.5 Å². The van der Waals surface area contributed by atoms with Crippen molar-refractivity contribution < 1.29 is 56.9 Å². The predicted octanol–water partition coefficient (Wildman–Crippen LogP) is 1.95. The number of carbonyl (C=O) groups excluding carboxylic acids is 4. The van der Waals surface area contributed by atoms with E-state index in [1.807, 2.05) is 0 Å². The molecule has 1 aliphatic rings. The Morgan fingerprint density at radius 1 is 0.842 bits per heavy atom. The number of hydrogen-bond acceptors (Lipinski definition) is 13. The lowest BCUT2D eigenvalue weighted by atomic mass is 9.98. The molecule has 0 amide bonds. The summed E-state index contributed by atoms with van der Waals surface area (Å²) in [4.78, 5) is 47.1. The van der Waals surface area contributed by atoms with Gasteiger partial charge in [0.25, 0.3) is 0 Å². The van der Waals surface area contributed by atoms with Gasteiger partial charge in [-0.25, -0.2) is 0 Å². The van der Waals surface area contributed by atoms with Crippen LogP contribution < -0.4 is 4.74 Å². The van der Waals surface area contributed by atoms with Gasteiger partial charge in [-0.15, -0.1) is 0 Å². The number of benzene rings is 1. The number of nitrogens with zero attached hydrogens (tertiary/aromatic N) is 1. The predicted molar refractivity (Wildman–Crippen MR) is 125 cm³/mol. The van der Waals surface area contributed by atoms with Crippen LogP contribution >= 0.6 is 0 Å². The largest absolute Gasteiger partial charge is 0.497 e. The van der Waals surface area contributed by atoms with Crippen LogP contribution in [0.5, 0.6) is 5.75 Å². The number of hydrogen-bond donors (Lipinski definition) is 0. The third kappa shape index (κ3) is 7.76. The number of aromatic nitrogens is 1. The highest BCUT2D eigenvalue weighted by molar-refractivity contribution is 5.68. The maximum atomic E-state index is 11.9. The molecule has 13 nitrogen and oxygen atoms in total. The first-order valence-corrected chi connectivity index (χ1v) is 11.6. The quantitative estimate of drug-likeness (QED) is 0.321. The number of ether oxygens (including phenoxy) is 7. The molecule has 0 bridgehead atoms. The van der Waals surface area contributed by atoms with Crippen molar-refractivity contribution in [1.82, 2.24) is 5.16 Å². The van der Waals surface area contributed by atoms with Gasteiger partial charge in [0.1, 0.15) is 30.8 Å². The number of rotatable bonds is 10. The van der Waals surface area contributed by atoms with E-state index >= 15 is 0 Å². The van der Waals surface area contributed by atoms with Crippen LogP contribution in [0, 0.1) is 0 Å². The Hall–Kier alpha value is -3.97. The average molecular weight is 536 g/mol. The zero-order chi connectivity index (χ0) is 27.8. The summed E-state index contributed by atoms with van der Waals surface area (Å²) < 4.78 is 43.4. The minimum absolute atomic E-state index is 0.184. The van der Waals surface area contributed by atoms with E-state index in [0.29, 0.717) is 17.2 Å². The maximum absolute atomic E-state index is 11.9. The zero-order valence-electron chi connectivity index (χ0n) is 21.5. The lowest BCUT2D eigenvalue weighted by Crippen LogP contribution is -2.62. The molecular weight excluding hydrogens is 506 g/mol. The van der Waals surface area contributed by atoms with Crippen molar-refractivity contribution in [3.05, 3.63) is 36.1 Å². The fraction of sp³-hybridized carbons (Fsp3) is 0.480. The molecule has 1 aromatic heterocycles. The molecule has 1 aromatic carbocycles. The van der Waals surface area contributed by atoms with E-state index in [4.69, 9.17) is 37.7 Å². The van der Waals surface area contributed by atoms with Gasteiger partial charge in [-0.2, -0.15) is 0 Å². The van der Waals surface area contributed by atoms with Crippen LogP contribution in [-0.4, -0.2) is 73.5 Å². The zero-order valence-corrected chi connectivity index (χ0v) is 21.5. The smallest absolute Gasteiger partial charge is 0.303 e. The van der Waals surface area contributed by atoms with E-state index in [9.17, 15) is 19.2 Å². The molecule has 0 saturated carbocycles. The molecule has 13 heteroatoms. The van der Waals surface area contributed by atoms with Crippen molar-refractivity contribution in [1.29, 1.82) is 0 Å². The summed E-state index contributed by atoms with van der Waals surface area (Å²) >= 11 is 0. The van der Waals surface area contributed by atoms with E-state index in [2.05, 4.69) is 5.16 Å². The molecule has 3 rings (SSSR count). The van der Waals surface area contributed by atoms with Crippen LogP contribution in [0.3, 0.4) is 0 Å². The van der Waals surface area contributed by atoms with Crippen LogP contribution in [0.25, 0.3) is 11.3 Å². The Balaban J connectivity index is 1.84. The Morgan fingerprint density at radius 2 is 1.45 bits per heavy atom. The summed E-state index contributed by atoms with van der Waals surface area (Å²) in [5.74, 6) is -1.82. The van der Waals surface area contributed by atoms with Gasteiger partial charge in [-0.05, 0) is 24.3 Å². The number of carbonyl (C=O) groups is 4. The molecule has 2 heterocycles. The van der Waals surface area contributed by atoms with Gasteiger partial charge in [0, 0.05) is 39.3 Å².